The van der Waals surface area contributed by atoms with E-state index in [4.69, 9.17) is 47.4 Å². The number of rotatable bonds is 28. The normalized spacial score (nSPS) is 18.9. The van der Waals surface area contributed by atoms with E-state index in [0.29, 0.717) is 105 Å². The van der Waals surface area contributed by atoms with E-state index in [9.17, 15) is 19.2 Å². The quantitative estimate of drug-likeness (QED) is 0.0304. The monoisotopic (exact) mass is 1020 g/mol. The van der Waals surface area contributed by atoms with Crippen molar-refractivity contribution in [3.63, 3.8) is 0 Å². The minimum absolute atomic E-state index is 0.0517. The van der Waals surface area contributed by atoms with E-state index in [-0.39, 0.29) is 37.8 Å². The molecule has 0 spiro atoms. The van der Waals surface area contributed by atoms with Crippen molar-refractivity contribution in [2.45, 2.75) is 76.3 Å². The fourth-order valence-corrected chi connectivity index (χ4v) is 10.7. The second-order valence-corrected chi connectivity index (χ2v) is 19.4. The van der Waals surface area contributed by atoms with Crippen molar-refractivity contribution in [3.05, 3.63) is 94.1 Å². The van der Waals surface area contributed by atoms with E-state index < -0.39 is 23.1 Å². The average molecular weight is 1030 g/mol. The summed E-state index contributed by atoms with van der Waals surface area (Å²) in [6, 6.07) is 15.7. The van der Waals surface area contributed by atoms with Gasteiger partial charge in [0.05, 0.1) is 124 Å². The van der Waals surface area contributed by atoms with Gasteiger partial charge in [-0.25, -0.2) is 0 Å². The molecule has 16 nitrogen and oxygen atoms in total. The first-order valence-corrected chi connectivity index (χ1v) is 25.1. The molecule has 2 heterocycles. The third-order valence-corrected chi connectivity index (χ3v) is 15.2. The number of carbonyl (C=O) groups is 4. The second-order valence-electron chi connectivity index (χ2n) is 19.4. The molecule has 4 aromatic carbocycles. The van der Waals surface area contributed by atoms with Gasteiger partial charge in [0.15, 0.2) is 57.6 Å². The zero-order valence-electron chi connectivity index (χ0n) is 45.4. The molecule has 0 aliphatic carbocycles. The molecule has 400 valence electrons. The van der Waals surface area contributed by atoms with Gasteiger partial charge in [-0.15, -0.1) is 0 Å². The second kappa shape index (κ2) is 25.4. The first kappa shape index (κ1) is 56.5. The number of nitrogens with zero attached hydrogens (tertiary/aromatic N) is 2. The van der Waals surface area contributed by atoms with E-state index in [2.05, 4.69) is 14.1 Å². The van der Waals surface area contributed by atoms with Crippen molar-refractivity contribution in [3.8, 4) is 57.5 Å². The van der Waals surface area contributed by atoms with Crippen LogP contribution in [0.3, 0.4) is 0 Å². The zero-order valence-corrected chi connectivity index (χ0v) is 45.4. The number of hydrogen-bond acceptors (Lipinski definition) is 14. The van der Waals surface area contributed by atoms with E-state index >= 15 is 0 Å². The smallest absolute Gasteiger partial charge is 0.204 e. The predicted molar refractivity (Wildman–Crippen MR) is 280 cm³/mol. The van der Waals surface area contributed by atoms with Crippen LogP contribution in [0.4, 0.5) is 0 Å². The number of benzene rings is 4. The van der Waals surface area contributed by atoms with E-state index in [1.807, 2.05) is 60.7 Å². The number of ether oxygens (including phenoxy) is 10. The SMILES string of the molecule is COc1cc2c(cc1OC)C(Cc1cc(OC)c(OC)c(OC)c1)[N@@+](C)(CCC(=O)C(=O)CCC=CCCC(=O)C(=O)CC[N@@+]1(C)CCc3cc(OC)c(OC)cc3C1Cc1cc(OC)c(OC)c(OC)c1)CC2. The Hall–Kier alpha value is -6.78. The molecule has 2 aliphatic rings. The highest BCUT2D eigenvalue weighted by molar-refractivity contribution is 6.37. The van der Waals surface area contributed by atoms with Gasteiger partial charge in [0.25, 0.3) is 0 Å². The standard InChI is InChI=1S/C58H76N2O14/c1-59(23-19-39-33-49(65-3)51(67-5)35-41(39)43(59)27-37-29-53(69-7)57(73-11)54(30-37)70-8)25-21-47(63)45(61)17-15-13-14-16-18-46(62)48(64)22-26-60(2)24-20-40-34-50(66-4)52(68-6)36-42(40)44(60)28-38-31-55(71-9)58(74-12)56(32-38)72-10/h13-14,29-36,43-44H,15-28H2,1-12H3/q+2/t43?,44?,59-,60-/m1/s1. The van der Waals surface area contributed by atoms with Gasteiger partial charge >= 0.3 is 0 Å². The van der Waals surface area contributed by atoms with Crippen LogP contribution >= 0.6 is 0 Å². The summed E-state index contributed by atoms with van der Waals surface area (Å²) in [6.45, 7) is 2.36. The number of methoxy groups -OCH3 is 10. The van der Waals surface area contributed by atoms with Gasteiger partial charge in [0.2, 0.25) is 23.1 Å². The highest BCUT2D eigenvalue weighted by Gasteiger charge is 2.42. The van der Waals surface area contributed by atoms with Gasteiger partial charge in [-0.05, 0) is 83.6 Å². The molecule has 0 fully saturated rings. The lowest BCUT2D eigenvalue weighted by atomic mass is 9.85. The Morgan fingerprint density at radius 1 is 0.419 bits per heavy atom. The number of quaternary nitrogens is 2. The summed E-state index contributed by atoms with van der Waals surface area (Å²) in [6.07, 6.45) is 7.24. The summed E-state index contributed by atoms with van der Waals surface area (Å²) >= 11 is 0. The Morgan fingerprint density at radius 3 is 1.01 bits per heavy atom. The van der Waals surface area contributed by atoms with Crippen molar-refractivity contribution >= 4 is 23.1 Å². The largest absolute Gasteiger partial charge is 0.493 e. The molecule has 0 aromatic heterocycles. The Labute approximate surface area is 436 Å². The van der Waals surface area contributed by atoms with E-state index in [1.165, 1.54) is 0 Å². The van der Waals surface area contributed by atoms with Gasteiger partial charge in [-0.2, -0.15) is 0 Å². The lowest BCUT2D eigenvalue weighted by Gasteiger charge is -2.46. The fraction of sp³-hybridized carbons (Fsp3) is 0.483. The number of hydrogen-bond donors (Lipinski definition) is 0. The third-order valence-electron chi connectivity index (χ3n) is 15.2. The lowest BCUT2D eigenvalue weighted by molar-refractivity contribution is -0.940. The van der Waals surface area contributed by atoms with E-state index in [1.54, 1.807) is 71.1 Å². The maximum absolute atomic E-state index is 13.5. The first-order chi connectivity index (χ1) is 35.6. The summed E-state index contributed by atoms with van der Waals surface area (Å²) in [7, 11) is 20.2. The average Bonchev–Trinajstić information content (AvgIpc) is 3.42. The molecule has 0 saturated carbocycles. The minimum Gasteiger partial charge on any atom is -0.493 e. The van der Waals surface area contributed by atoms with Crippen LogP contribution in [0.2, 0.25) is 0 Å². The summed E-state index contributed by atoms with van der Waals surface area (Å²) in [5.74, 6) is 4.02. The van der Waals surface area contributed by atoms with Gasteiger partial charge in [0, 0.05) is 49.7 Å². The molecule has 0 bridgehead atoms. The number of likely N-dealkylation sites (N-methyl/N-ethyl adjacent to an activating group) is 2. The molecular formula is C58H76N2O14+2. The van der Waals surface area contributed by atoms with Crippen LogP contribution in [0, 0.1) is 0 Å². The van der Waals surface area contributed by atoms with Crippen LogP contribution in [0.1, 0.15) is 84.0 Å². The molecule has 0 N–H and O–H groups in total. The molecule has 0 radical (unpaired) electrons. The topological polar surface area (TPSA) is 161 Å². The van der Waals surface area contributed by atoms with Gasteiger partial charge < -0.3 is 56.3 Å². The van der Waals surface area contributed by atoms with Crippen molar-refractivity contribution in [2.75, 3.05) is 111 Å². The molecule has 0 saturated heterocycles. The number of Topliss-reactive ketones (excluding diaryl/α,β-unsaturated/α-hetero) is 4. The molecular weight excluding hydrogens is 949 g/mol. The molecule has 2 aliphatic heterocycles. The minimum atomic E-state index is -0.435. The molecule has 4 atom stereocenters. The summed E-state index contributed by atoms with van der Waals surface area (Å²) in [5.41, 5.74) is 6.35. The van der Waals surface area contributed by atoms with Gasteiger partial charge in [-0.3, -0.25) is 19.2 Å². The summed E-state index contributed by atoms with van der Waals surface area (Å²) in [4.78, 5) is 53.4. The van der Waals surface area contributed by atoms with Crippen molar-refractivity contribution in [1.82, 2.24) is 0 Å². The lowest BCUT2D eigenvalue weighted by Crippen LogP contribution is -2.53. The third kappa shape index (κ3) is 12.6. The maximum Gasteiger partial charge on any atom is 0.204 e. The van der Waals surface area contributed by atoms with Gasteiger partial charge in [0.1, 0.15) is 12.1 Å². The highest BCUT2D eigenvalue weighted by Crippen LogP contribution is 2.47. The van der Waals surface area contributed by atoms with Crippen molar-refractivity contribution in [1.29, 1.82) is 0 Å². The maximum atomic E-state index is 13.5. The molecule has 74 heavy (non-hydrogen) atoms. The number of ketones is 4. The van der Waals surface area contributed by atoms with Crippen molar-refractivity contribution < 1.29 is 75.5 Å². The molecule has 2 unspecified atom stereocenters. The fourth-order valence-electron chi connectivity index (χ4n) is 10.7. The van der Waals surface area contributed by atoms with Crippen LogP contribution in [0.25, 0.3) is 0 Å². The van der Waals surface area contributed by atoms with Crippen LogP contribution in [-0.2, 0) is 44.9 Å². The van der Waals surface area contributed by atoms with Crippen LogP contribution in [0.15, 0.2) is 60.7 Å². The number of fused-ring (bicyclic) bond motifs is 2. The predicted octanol–water partition coefficient (Wildman–Crippen LogP) is 8.22. The summed E-state index contributed by atoms with van der Waals surface area (Å²) < 4.78 is 57.7. The molecule has 0 amide bonds. The number of carbonyl (C=O) groups excluding carboxylic acids is 4. The van der Waals surface area contributed by atoms with Gasteiger partial charge in [-0.1, -0.05) is 12.2 Å². The highest BCUT2D eigenvalue weighted by atomic mass is 16.5. The first-order valence-electron chi connectivity index (χ1n) is 25.1. The Bertz CT molecular complexity index is 2470. The Morgan fingerprint density at radius 2 is 0.716 bits per heavy atom. The molecule has 16 heteroatoms. The Balaban J connectivity index is 1.05. The summed E-state index contributed by atoms with van der Waals surface area (Å²) in [5, 5.41) is 0. The van der Waals surface area contributed by atoms with E-state index in [0.717, 1.165) is 59.3 Å². The molecule has 4 aromatic rings. The van der Waals surface area contributed by atoms with Crippen molar-refractivity contribution in [2.24, 2.45) is 0 Å². The van der Waals surface area contributed by atoms with Crippen LogP contribution in [0.5, 0.6) is 57.5 Å². The molecule has 6 rings (SSSR count). The zero-order chi connectivity index (χ0) is 53.7. The van der Waals surface area contributed by atoms with Crippen LogP contribution < -0.4 is 47.4 Å². The van der Waals surface area contributed by atoms with Crippen LogP contribution in [-0.4, -0.2) is 143 Å². The number of allylic oxidation sites excluding steroid dienone is 2. The Kier molecular flexibility index (Phi) is 19.4.